The lowest BCUT2D eigenvalue weighted by Gasteiger charge is -2.11. The second-order valence-corrected chi connectivity index (χ2v) is 6.28. The molecule has 0 aliphatic carbocycles. The molecule has 6 nitrogen and oxygen atoms in total. The number of benzene rings is 3. The Hall–Kier alpha value is -3.80. The second-order valence-electron chi connectivity index (χ2n) is 6.28. The summed E-state index contributed by atoms with van der Waals surface area (Å²) < 4.78 is 10.7. The summed E-state index contributed by atoms with van der Waals surface area (Å²) in [5.41, 5.74) is 5.27. The Morgan fingerprint density at radius 3 is 2.59 bits per heavy atom. The molecule has 0 aliphatic heterocycles. The van der Waals surface area contributed by atoms with Crippen LogP contribution in [0.3, 0.4) is 0 Å². The number of ether oxygens (including phenoxy) is 2. The Morgan fingerprint density at radius 2 is 1.79 bits per heavy atom. The van der Waals surface area contributed by atoms with Gasteiger partial charge < -0.3 is 14.6 Å². The predicted molar refractivity (Wildman–Crippen MR) is 112 cm³/mol. The fourth-order valence-corrected chi connectivity index (χ4v) is 2.74. The zero-order valence-electron chi connectivity index (χ0n) is 16.0. The van der Waals surface area contributed by atoms with Crippen molar-refractivity contribution in [3.63, 3.8) is 0 Å². The van der Waals surface area contributed by atoms with E-state index in [1.54, 1.807) is 12.1 Å². The van der Waals surface area contributed by atoms with E-state index in [1.165, 1.54) is 25.0 Å². The van der Waals surface area contributed by atoms with Crippen molar-refractivity contribution < 1.29 is 19.4 Å². The summed E-state index contributed by atoms with van der Waals surface area (Å²) >= 11 is 0. The molecule has 0 spiro atoms. The summed E-state index contributed by atoms with van der Waals surface area (Å²) in [5, 5.41) is 13.5. The van der Waals surface area contributed by atoms with Gasteiger partial charge in [0.1, 0.15) is 5.75 Å². The van der Waals surface area contributed by atoms with Crippen molar-refractivity contribution in [1.82, 2.24) is 5.43 Å². The van der Waals surface area contributed by atoms with E-state index in [0.29, 0.717) is 17.1 Å². The van der Waals surface area contributed by atoms with E-state index in [9.17, 15) is 9.90 Å². The standard InChI is InChI=1S/C23H22N2O4/c1-28-22-14-18(11-12-20(22)26)15-24-25-23(27)16-29-21-10-6-5-9-19(21)13-17-7-3-2-4-8-17/h2-12,14-15,26H,13,16H2,1H3,(H,25,27)/b24-15+. The summed E-state index contributed by atoms with van der Waals surface area (Å²) in [4.78, 5) is 12.0. The van der Waals surface area contributed by atoms with Crippen molar-refractivity contribution in [1.29, 1.82) is 0 Å². The number of carbonyl (C=O) groups is 1. The largest absolute Gasteiger partial charge is 0.504 e. The van der Waals surface area contributed by atoms with Gasteiger partial charge >= 0.3 is 0 Å². The molecule has 0 saturated carbocycles. The lowest BCUT2D eigenvalue weighted by Crippen LogP contribution is -2.24. The highest BCUT2D eigenvalue weighted by atomic mass is 16.5. The van der Waals surface area contributed by atoms with E-state index in [4.69, 9.17) is 9.47 Å². The first-order valence-electron chi connectivity index (χ1n) is 9.09. The molecule has 0 bridgehead atoms. The number of rotatable bonds is 8. The molecule has 0 aliphatic rings. The number of para-hydroxylation sites is 1. The number of carbonyl (C=O) groups excluding carboxylic acids is 1. The molecule has 0 unspecified atom stereocenters. The highest BCUT2D eigenvalue weighted by molar-refractivity contribution is 5.83. The molecule has 29 heavy (non-hydrogen) atoms. The summed E-state index contributed by atoms with van der Waals surface area (Å²) in [5.74, 6) is 0.662. The molecule has 148 valence electrons. The van der Waals surface area contributed by atoms with Gasteiger partial charge in [-0.05, 0) is 41.0 Å². The predicted octanol–water partition coefficient (Wildman–Crippen LogP) is 3.52. The minimum atomic E-state index is -0.374. The fourth-order valence-electron chi connectivity index (χ4n) is 2.74. The Bertz CT molecular complexity index is 987. The number of hydrazone groups is 1. The molecule has 0 fully saturated rings. The van der Waals surface area contributed by atoms with Crippen LogP contribution in [0.25, 0.3) is 0 Å². The Kier molecular flexibility index (Phi) is 6.84. The normalized spacial score (nSPS) is 10.7. The van der Waals surface area contributed by atoms with Crippen molar-refractivity contribution >= 4 is 12.1 Å². The van der Waals surface area contributed by atoms with Crippen LogP contribution in [0.15, 0.2) is 77.9 Å². The van der Waals surface area contributed by atoms with Crippen molar-refractivity contribution in [2.24, 2.45) is 5.10 Å². The maximum Gasteiger partial charge on any atom is 0.277 e. The van der Waals surface area contributed by atoms with Crippen molar-refractivity contribution in [2.45, 2.75) is 6.42 Å². The third kappa shape index (κ3) is 5.84. The van der Waals surface area contributed by atoms with Crippen LogP contribution in [0, 0.1) is 0 Å². The molecular weight excluding hydrogens is 368 g/mol. The number of nitrogens with one attached hydrogen (secondary N) is 1. The third-order valence-corrected chi connectivity index (χ3v) is 4.18. The van der Waals surface area contributed by atoms with Gasteiger partial charge in [-0.1, -0.05) is 48.5 Å². The Balaban J connectivity index is 1.54. The van der Waals surface area contributed by atoms with Crippen LogP contribution in [0.5, 0.6) is 17.2 Å². The molecule has 0 saturated heterocycles. The number of phenols is 1. The highest BCUT2D eigenvalue weighted by Gasteiger charge is 2.07. The van der Waals surface area contributed by atoms with Gasteiger partial charge in [-0.25, -0.2) is 5.43 Å². The Labute approximate surface area is 169 Å². The van der Waals surface area contributed by atoms with Gasteiger partial charge in [0.2, 0.25) is 0 Å². The maximum atomic E-state index is 12.0. The quantitative estimate of drug-likeness (QED) is 0.456. The number of phenolic OH excluding ortho intramolecular Hbond substituents is 1. The van der Waals surface area contributed by atoms with Gasteiger partial charge in [0.25, 0.3) is 5.91 Å². The molecular formula is C23H22N2O4. The number of hydrogen-bond acceptors (Lipinski definition) is 5. The first-order valence-corrected chi connectivity index (χ1v) is 9.09. The van der Waals surface area contributed by atoms with Gasteiger partial charge in [0.15, 0.2) is 18.1 Å². The zero-order valence-corrected chi connectivity index (χ0v) is 16.0. The molecule has 0 atom stereocenters. The lowest BCUT2D eigenvalue weighted by molar-refractivity contribution is -0.123. The van der Waals surface area contributed by atoms with Gasteiger partial charge in [0, 0.05) is 6.42 Å². The average Bonchev–Trinajstić information content (AvgIpc) is 2.75. The van der Waals surface area contributed by atoms with E-state index < -0.39 is 0 Å². The molecule has 0 radical (unpaired) electrons. The summed E-state index contributed by atoms with van der Waals surface area (Å²) in [7, 11) is 1.46. The monoisotopic (exact) mass is 390 g/mol. The van der Waals surface area contributed by atoms with Crippen LogP contribution >= 0.6 is 0 Å². The van der Waals surface area contributed by atoms with Crippen molar-refractivity contribution in [2.75, 3.05) is 13.7 Å². The second kappa shape index (κ2) is 9.94. The average molecular weight is 390 g/mol. The van der Waals surface area contributed by atoms with Crippen LogP contribution in [0.4, 0.5) is 0 Å². The number of nitrogens with zero attached hydrogens (tertiary/aromatic N) is 1. The minimum absolute atomic E-state index is 0.0382. The lowest BCUT2D eigenvalue weighted by atomic mass is 10.0. The first-order chi connectivity index (χ1) is 14.2. The summed E-state index contributed by atoms with van der Waals surface area (Å²) in [6, 6.07) is 22.5. The Morgan fingerprint density at radius 1 is 1.03 bits per heavy atom. The van der Waals surface area contributed by atoms with Crippen LogP contribution in [0.2, 0.25) is 0 Å². The molecule has 0 heterocycles. The van der Waals surface area contributed by atoms with Crippen LogP contribution < -0.4 is 14.9 Å². The molecule has 2 N–H and O–H groups in total. The van der Waals surface area contributed by atoms with Crippen LogP contribution in [-0.2, 0) is 11.2 Å². The number of hydrogen-bond donors (Lipinski definition) is 2. The SMILES string of the molecule is COc1cc(/C=N/NC(=O)COc2ccccc2Cc2ccccc2)ccc1O. The zero-order chi connectivity index (χ0) is 20.5. The summed E-state index contributed by atoms with van der Waals surface area (Å²) in [6.07, 6.45) is 2.18. The molecule has 0 aromatic heterocycles. The molecule has 1 amide bonds. The third-order valence-electron chi connectivity index (χ3n) is 4.18. The topological polar surface area (TPSA) is 80.2 Å². The van der Waals surface area contributed by atoms with E-state index in [-0.39, 0.29) is 18.3 Å². The van der Waals surface area contributed by atoms with Crippen molar-refractivity contribution in [3.05, 3.63) is 89.5 Å². The summed E-state index contributed by atoms with van der Waals surface area (Å²) in [6.45, 7) is -0.151. The molecule has 3 rings (SSSR count). The maximum absolute atomic E-state index is 12.0. The smallest absolute Gasteiger partial charge is 0.277 e. The minimum Gasteiger partial charge on any atom is -0.504 e. The molecule has 3 aromatic rings. The van der Waals surface area contributed by atoms with E-state index in [2.05, 4.69) is 22.7 Å². The van der Waals surface area contributed by atoms with Gasteiger partial charge in [-0.15, -0.1) is 0 Å². The first kappa shape index (κ1) is 19.9. The molecule has 3 aromatic carbocycles. The number of amides is 1. The van der Waals surface area contributed by atoms with Crippen LogP contribution in [0.1, 0.15) is 16.7 Å². The number of aromatic hydroxyl groups is 1. The van der Waals surface area contributed by atoms with Gasteiger partial charge in [-0.3, -0.25) is 4.79 Å². The fraction of sp³-hybridized carbons (Fsp3) is 0.130. The van der Waals surface area contributed by atoms with E-state index in [0.717, 1.165) is 12.0 Å². The van der Waals surface area contributed by atoms with Gasteiger partial charge in [-0.2, -0.15) is 5.10 Å². The van der Waals surface area contributed by atoms with E-state index >= 15 is 0 Å². The highest BCUT2D eigenvalue weighted by Crippen LogP contribution is 2.25. The van der Waals surface area contributed by atoms with Gasteiger partial charge in [0.05, 0.1) is 13.3 Å². The van der Waals surface area contributed by atoms with E-state index in [1.807, 2.05) is 42.5 Å². The van der Waals surface area contributed by atoms with Crippen LogP contribution in [-0.4, -0.2) is 30.9 Å². The van der Waals surface area contributed by atoms with Crippen molar-refractivity contribution in [3.8, 4) is 17.2 Å². The molecule has 6 heteroatoms. The number of methoxy groups -OCH3 is 1.